The average molecular weight is 281 g/mol. The van der Waals surface area contributed by atoms with E-state index in [0.717, 1.165) is 43.9 Å². The Balaban J connectivity index is 2.22. The Morgan fingerprint density at radius 3 is 2.60 bits per heavy atom. The first kappa shape index (κ1) is 14.4. The van der Waals surface area contributed by atoms with Crippen molar-refractivity contribution in [3.63, 3.8) is 0 Å². The smallest absolute Gasteiger partial charge is 0.273 e. The summed E-state index contributed by atoms with van der Waals surface area (Å²) in [5.41, 5.74) is 4.73. The average Bonchev–Trinajstić information content (AvgIpc) is 2.87. The number of halogens is 1. The number of nitrogens with two attached hydrogens (primary N) is 1. The van der Waals surface area contributed by atoms with Crippen molar-refractivity contribution in [1.82, 2.24) is 5.32 Å². The highest BCUT2D eigenvalue weighted by Gasteiger charge is 2.34. The Bertz CT molecular complexity index is 542. The fourth-order valence-corrected chi connectivity index (χ4v) is 2.56. The predicted molar refractivity (Wildman–Crippen MR) is 70.8 cm³/mol. The Morgan fingerprint density at radius 1 is 1.40 bits per heavy atom. The number of hydrogen-bond donors (Lipinski definition) is 2. The molecule has 0 radical (unpaired) electrons. The van der Waals surface area contributed by atoms with Gasteiger partial charge in [-0.05, 0) is 18.9 Å². The van der Waals surface area contributed by atoms with E-state index in [4.69, 9.17) is 5.73 Å². The van der Waals surface area contributed by atoms with Crippen LogP contribution in [0, 0.1) is 15.9 Å². The fourth-order valence-electron chi connectivity index (χ4n) is 2.56. The second-order valence-corrected chi connectivity index (χ2v) is 5.10. The van der Waals surface area contributed by atoms with Crippen molar-refractivity contribution in [2.45, 2.75) is 31.2 Å². The number of rotatable bonds is 4. The lowest BCUT2D eigenvalue weighted by Crippen LogP contribution is -2.51. The van der Waals surface area contributed by atoms with E-state index in [2.05, 4.69) is 5.32 Å². The minimum absolute atomic E-state index is 0.0589. The molecule has 0 atom stereocenters. The third-order valence-electron chi connectivity index (χ3n) is 3.69. The summed E-state index contributed by atoms with van der Waals surface area (Å²) in [4.78, 5) is 22.1. The molecule has 0 aromatic heterocycles. The second-order valence-electron chi connectivity index (χ2n) is 5.10. The molecule has 1 saturated carbocycles. The van der Waals surface area contributed by atoms with Crippen molar-refractivity contribution in [3.05, 3.63) is 39.7 Å². The molecule has 6 nitrogen and oxygen atoms in total. The zero-order chi connectivity index (χ0) is 14.8. The normalized spacial score (nSPS) is 16.9. The van der Waals surface area contributed by atoms with Gasteiger partial charge in [0, 0.05) is 18.2 Å². The van der Waals surface area contributed by atoms with Gasteiger partial charge < -0.3 is 11.1 Å². The standard InChI is InChI=1S/C13H16FN3O3/c14-10-5-9(6-11(7-10)17(19)20)12(18)16-13(8-15)3-1-2-4-13/h5-7H,1-4,8,15H2,(H,16,18). The zero-order valence-electron chi connectivity index (χ0n) is 10.9. The van der Waals surface area contributed by atoms with Crippen LogP contribution < -0.4 is 11.1 Å². The first-order valence-electron chi connectivity index (χ1n) is 6.43. The number of carbonyl (C=O) groups is 1. The monoisotopic (exact) mass is 281 g/mol. The number of nitro benzene ring substituents is 1. The Hall–Kier alpha value is -2.02. The number of amides is 1. The molecular formula is C13H16FN3O3. The number of nitrogens with one attached hydrogen (secondary N) is 1. The topological polar surface area (TPSA) is 98.3 Å². The van der Waals surface area contributed by atoms with Crippen molar-refractivity contribution in [2.75, 3.05) is 6.54 Å². The molecule has 1 aliphatic carbocycles. The van der Waals surface area contributed by atoms with E-state index < -0.39 is 27.9 Å². The van der Waals surface area contributed by atoms with Crippen LogP contribution in [0.5, 0.6) is 0 Å². The molecule has 2 rings (SSSR count). The third-order valence-corrected chi connectivity index (χ3v) is 3.69. The molecule has 108 valence electrons. The maximum Gasteiger partial charge on any atom is 0.273 e. The molecule has 1 aliphatic rings. The summed E-state index contributed by atoms with van der Waals surface area (Å²) in [5, 5.41) is 13.5. The van der Waals surface area contributed by atoms with E-state index in [1.807, 2.05) is 0 Å². The highest BCUT2D eigenvalue weighted by Crippen LogP contribution is 2.29. The van der Waals surface area contributed by atoms with Crippen molar-refractivity contribution < 1.29 is 14.1 Å². The van der Waals surface area contributed by atoms with Crippen LogP contribution in [0.4, 0.5) is 10.1 Å². The Kier molecular flexibility index (Phi) is 3.99. The largest absolute Gasteiger partial charge is 0.345 e. The van der Waals surface area contributed by atoms with Gasteiger partial charge in [0.15, 0.2) is 0 Å². The van der Waals surface area contributed by atoms with E-state index in [1.54, 1.807) is 0 Å². The summed E-state index contributed by atoms with van der Waals surface area (Å²) in [6.07, 6.45) is 3.49. The molecule has 0 saturated heterocycles. The van der Waals surface area contributed by atoms with Crippen LogP contribution in [-0.2, 0) is 0 Å². The van der Waals surface area contributed by atoms with Crippen LogP contribution in [0.3, 0.4) is 0 Å². The van der Waals surface area contributed by atoms with Gasteiger partial charge in [-0.15, -0.1) is 0 Å². The quantitative estimate of drug-likeness (QED) is 0.648. The molecule has 20 heavy (non-hydrogen) atoms. The van der Waals surface area contributed by atoms with Gasteiger partial charge >= 0.3 is 0 Å². The van der Waals surface area contributed by atoms with Crippen molar-refractivity contribution in [2.24, 2.45) is 5.73 Å². The lowest BCUT2D eigenvalue weighted by molar-refractivity contribution is -0.385. The Morgan fingerprint density at radius 2 is 2.05 bits per heavy atom. The SMILES string of the molecule is NCC1(NC(=O)c2cc(F)cc([N+](=O)[O-])c2)CCCC1. The molecule has 7 heteroatoms. The van der Waals surface area contributed by atoms with Gasteiger partial charge in [0.05, 0.1) is 16.5 Å². The summed E-state index contributed by atoms with van der Waals surface area (Å²) in [7, 11) is 0. The van der Waals surface area contributed by atoms with Crippen LogP contribution in [0.2, 0.25) is 0 Å². The highest BCUT2D eigenvalue weighted by molar-refractivity contribution is 5.95. The molecule has 0 bridgehead atoms. The Labute approximate surface area is 115 Å². The molecule has 1 aromatic rings. The summed E-state index contributed by atoms with van der Waals surface area (Å²) in [5.74, 6) is -1.34. The van der Waals surface area contributed by atoms with E-state index >= 15 is 0 Å². The van der Waals surface area contributed by atoms with E-state index in [0.29, 0.717) is 6.54 Å². The van der Waals surface area contributed by atoms with Gasteiger partial charge in [-0.2, -0.15) is 0 Å². The lowest BCUT2D eigenvalue weighted by atomic mass is 9.97. The summed E-state index contributed by atoms with van der Waals surface area (Å²) < 4.78 is 13.3. The van der Waals surface area contributed by atoms with Crippen LogP contribution in [-0.4, -0.2) is 22.9 Å². The zero-order valence-corrected chi connectivity index (χ0v) is 10.9. The van der Waals surface area contributed by atoms with E-state index in [-0.39, 0.29) is 5.56 Å². The number of carbonyl (C=O) groups excluding carboxylic acids is 1. The summed E-state index contributed by atoms with van der Waals surface area (Å²) in [6, 6.07) is 2.84. The minimum Gasteiger partial charge on any atom is -0.345 e. The third kappa shape index (κ3) is 2.93. The molecule has 1 fully saturated rings. The van der Waals surface area contributed by atoms with Gasteiger partial charge in [0.1, 0.15) is 5.82 Å². The van der Waals surface area contributed by atoms with Crippen LogP contribution in [0.15, 0.2) is 18.2 Å². The van der Waals surface area contributed by atoms with Gasteiger partial charge in [-0.25, -0.2) is 4.39 Å². The molecule has 0 unspecified atom stereocenters. The number of benzene rings is 1. The number of nitrogens with zero attached hydrogens (tertiary/aromatic N) is 1. The molecule has 0 spiro atoms. The van der Waals surface area contributed by atoms with Crippen molar-refractivity contribution in [1.29, 1.82) is 0 Å². The van der Waals surface area contributed by atoms with Crippen LogP contribution >= 0.6 is 0 Å². The predicted octanol–water partition coefficient (Wildman–Crippen LogP) is 1.74. The number of non-ortho nitro benzene ring substituents is 1. The fraction of sp³-hybridized carbons (Fsp3) is 0.462. The highest BCUT2D eigenvalue weighted by atomic mass is 19.1. The van der Waals surface area contributed by atoms with Gasteiger partial charge in [0.25, 0.3) is 11.6 Å². The maximum absolute atomic E-state index is 13.3. The molecular weight excluding hydrogens is 265 g/mol. The minimum atomic E-state index is -0.808. The summed E-state index contributed by atoms with van der Waals surface area (Å²) in [6.45, 7) is 0.302. The first-order valence-corrected chi connectivity index (χ1v) is 6.43. The molecule has 3 N–H and O–H groups in total. The van der Waals surface area contributed by atoms with Crippen LogP contribution in [0.25, 0.3) is 0 Å². The van der Waals surface area contributed by atoms with E-state index in [1.165, 1.54) is 0 Å². The van der Waals surface area contributed by atoms with Gasteiger partial charge in [-0.3, -0.25) is 14.9 Å². The molecule has 0 heterocycles. The maximum atomic E-state index is 13.3. The number of nitro groups is 1. The molecule has 1 amide bonds. The molecule has 0 aliphatic heterocycles. The molecule has 1 aromatic carbocycles. The van der Waals surface area contributed by atoms with Gasteiger partial charge in [0.2, 0.25) is 0 Å². The second kappa shape index (κ2) is 5.54. The van der Waals surface area contributed by atoms with E-state index in [9.17, 15) is 19.3 Å². The number of hydrogen-bond acceptors (Lipinski definition) is 4. The van der Waals surface area contributed by atoms with Crippen molar-refractivity contribution in [3.8, 4) is 0 Å². The lowest BCUT2D eigenvalue weighted by Gasteiger charge is -2.28. The first-order chi connectivity index (χ1) is 9.46. The van der Waals surface area contributed by atoms with Crippen molar-refractivity contribution >= 4 is 11.6 Å². The van der Waals surface area contributed by atoms with Crippen LogP contribution in [0.1, 0.15) is 36.0 Å². The van der Waals surface area contributed by atoms with Gasteiger partial charge in [-0.1, -0.05) is 12.8 Å². The summed E-state index contributed by atoms with van der Waals surface area (Å²) >= 11 is 0.